The highest BCUT2D eigenvalue weighted by atomic mass is 35.5. The third-order valence-corrected chi connectivity index (χ3v) is 4.53. The summed E-state index contributed by atoms with van der Waals surface area (Å²) < 4.78 is 12.2. The van der Waals surface area contributed by atoms with Crippen molar-refractivity contribution >= 4 is 29.1 Å². The van der Waals surface area contributed by atoms with Crippen LogP contribution in [0.4, 0.5) is 11.4 Å². The summed E-state index contributed by atoms with van der Waals surface area (Å²) in [6, 6.07) is 9.86. The van der Waals surface area contributed by atoms with Crippen LogP contribution in [0.2, 0.25) is 5.02 Å². The summed E-state index contributed by atoms with van der Waals surface area (Å²) in [5, 5.41) is 11.6. The van der Waals surface area contributed by atoms with Crippen molar-refractivity contribution in [2.24, 2.45) is 0 Å². The molecule has 2 aromatic carbocycles. The van der Waals surface area contributed by atoms with Crippen LogP contribution in [-0.2, 0) is 0 Å². The first-order valence-corrected chi connectivity index (χ1v) is 7.67. The molecular formula is C17H13ClN2O4. The van der Waals surface area contributed by atoms with E-state index in [0.717, 1.165) is 11.3 Å². The Morgan fingerprint density at radius 2 is 1.88 bits per heavy atom. The highest BCUT2D eigenvalue weighted by molar-refractivity contribution is 6.31. The van der Waals surface area contributed by atoms with Gasteiger partial charge in [0.15, 0.2) is 0 Å². The molecule has 4 rings (SSSR count). The maximum Gasteiger partial charge on any atom is 0.363 e. The molecule has 0 aliphatic carbocycles. The molecule has 0 saturated carbocycles. The number of hydrogen-bond donors (Lipinski definition) is 0. The SMILES string of the molecule is CC1=Cc2cc([N+](=O)[O-])ccc2OC12Oc1ccc(Cl)cc1N2C. The topological polar surface area (TPSA) is 64.8 Å². The molecule has 2 aromatic rings. The maximum atomic E-state index is 10.9. The quantitative estimate of drug-likeness (QED) is 0.572. The van der Waals surface area contributed by atoms with Crippen LogP contribution in [0, 0.1) is 10.1 Å². The van der Waals surface area contributed by atoms with Crippen molar-refractivity contribution in [3.05, 3.63) is 62.7 Å². The molecule has 0 aromatic heterocycles. The van der Waals surface area contributed by atoms with Crippen LogP contribution in [-0.4, -0.2) is 17.9 Å². The lowest BCUT2D eigenvalue weighted by Gasteiger charge is -2.38. The number of nitrogens with zero attached hydrogens (tertiary/aromatic N) is 2. The largest absolute Gasteiger partial charge is 0.431 e. The van der Waals surface area contributed by atoms with E-state index in [4.69, 9.17) is 21.1 Å². The van der Waals surface area contributed by atoms with E-state index >= 15 is 0 Å². The monoisotopic (exact) mass is 344 g/mol. The van der Waals surface area contributed by atoms with Gasteiger partial charge in [-0.15, -0.1) is 0 Å². The lowest BCUT2D eigenvalue weighted by atomic mass is 10.0. The Labute approximate surface area is 143 Å². The van der Waals surface area contributed by atoms with Gasteiger partial charge in [-0.25, -0.2) is 0 Å². The van der Waals surface area contributed by atoms with E-state index in [0.29, 0.717) is 22.1 Å². The highest BCUT2D eigenvalue weighted by Crippen LogP contribution is 2.49. The van der Waals surface area contributed by atoms with E-state index in [1.54, 1.807) is 18.2 Å². The van der Waals surface area contributed by atoms with Crippen LogP contribution in [0.5, 0.6) is 11.5 Å². The zero-order valence-electron chi connectivity index (χ0n) is 12.9. The minimum absolute atomic E-state index is 0.0214. The van der Waals surface area contributed by atoms with Gasteiger partial charge in [0, 0.05) is 35.3 Å². The van der Waals surface area contributed by atoms with Crippen LogP contribution in [0.15, 0.2) is 42.0 Å². The van der Waals surface area contributed by atoms with Gasteiger partial charge >= 0.3 is 5.91 Å². The molecule has 0 radical (unpaired) electrons. The van der Waals surface area contributed by atoms with Crippen molar-refractivity contribution in [2.45, 2.75) is 12.8 Å². The van der Waals surface area contributed by atoms with E-state index in [1.165, 1.54) is 12.1 Å². The number of halogens is 1. The summed E-state index contributed by atoms with van der Waals surface area (Å²) in [5.41, 5.74) is 2.28. The van der Waals surface area contributed by atoms with Crippen molar-refractivity contribution in [2.75, 3.05) is 11.9 Å². The second kappa shape index (κ2) is 4.88. The summed E-state index contributed by atoms with van der Waals surface area (Å²) in [7, 11) is 1.86. The molecule has 7 heteroatoms. The number of benzene rings is 2. The van der Waals surface area contributed by atoms with Gasteiger partial charge in [0.2, 0.25) is 0 Å². The molecule has 122 valence electrons. The van der Waals surface area contributed by atoms with Crippen LogP contribution < -0.4 is 14.4 Å². The van der Waals surface area contributed by atoms with Gasteiger partial charge in [-0.05, 0) is 37.3 Å². The first-order valence-electron chi connectivity index (χ1n) is 7.29. The highest BCUT2D eigenvalue weighted by Gasteiger charge is 2.50. The van der Waals surface area contributed by atoms with Crippen LogP contribution >= 0.6 is 11.6 Å². The zero-order chi connectivity index (χ0) is 17.1. The number of nitro benzene ring substituents is 1. The normalized spacial score (nSPS) is 20.8. The summed E-state index contributed by atoms with van der Waals surface area (Å²) in [6.07, 6.45) is 1.84. The lowest BCUT2D eigenvalue weighted by Crippen LogP contribution is -2.54. The first-order chi connectivity index (χ1) is 11.4. The Hall–Kier alpha value is -2.73. The van der Waals surface area contributed by atoms with Crippen molar-refractivity contribution in [1.82, 2.24) is 0 Å². The Morgan fingerprint density at radius 1 is 1.17 bits per heavy atom. The number of anilines is 1. The molecule has 2 aliphatic rings. The average molecular weight is 345 g/mol. The molecule has 1 atom stereocenters. The maximum absolute atomic E-state index is 10.9. The molecule has 1 spiro atoms. The first kappa shape index (κ1) is 14.8. The van der Waals surface area contributed by atoms with E-state index < -0.39 is 10.8 Å². The summed E-state index contributed by atoms with van der Waals surface area (Å²) in [6.45, 7) is 1.87. The summed E-state index contributed by atoms with van der Waals surface area (Å²) in [5.74, 6) is 0.0767. The number of fused-ring (bicyclic) bond motifs is 2. The second-order valence-electron chi connectivity index (χ2n) is 5.76. The molecule has 2 heterocycles. The Kier molecular flexibility index (Phi) is 3.02. The van der Waals surface area contributed by atoms with Crippen molar-refractivity contribution < 1.29 is 14.4 Å². The molecule has 6 nitrogen and oxygen atoms in total. The molecular weight excluding hydrogens is 332 g/mol. The van der Waals surface area contributed by atoms with Gasteiger partial charge in [0.25, 0.3) is 5.69 Å². The Morgan fingerprint density at radius 3 is 2.62 bits per heavy atom. The predicted octanol–water partition coefficient (Wildman–Crippen LogP) is 4.23. The molecule has 0 saturated heterocycles. The van der Waals surface area contributed by atoms with Gasteiger partial charge in [0.05, 0.1) is 10.6 Å². The minimum Gasteiger partial charge on any atom is -0.431 e. The fourth-order valence-corrected chi connectivity index (χ4v) is 3.22. The molecule has 1 unspecified atom stereocenters. The van der Waals surface area contributed by atoms with E-state index in [1.807, 2.05) is 31.0 Å². The van der Waals surface area contributed by atoms with Crippen LogP contribution in [0.3, 0.4) is 0 Å². The molecule has 0 fully saturated rings. The number of ether oxygens (including phenoxy) is 2. The number of rotatable bonds is 1. The van der Waals surface area contributed by atoms with E-state index in [9.17, 15) is 10.1 Å². The van der Waals surface area contributed by atoms with Crippen molar-refractivity contribution in [3.63, 3.8) is 0 Å². The zero-order valence-corrected chi connectivity index (χ0v) is 13.7. The minimum atomic E-state index is -1.11. The lowest BCUT2D eigenvalue weighted by molar-refractivity contribution is -0.384. The van der Waals surface area contributed by atoms with E-state index in [2.05, 4.69) is 0 Å². The molecule has 24 heavy (non-hydrogen) atoms. The fraction of sp³-hybridized carbons (Fsp3) is 0.176. The smallest absolute Gasteiger partial charge is 0.363 e. The number of hydrogen-bond acceptors (Lipinski definition) is 5. The second-order valence-corrected chi connectivity index (χ2v) is 6.20. The predicted molar refractivity (Wildman–Crippen MR) is 90.6 cm³/mol. The summed E-state index contributed by atoms with van der Waals surface area (Å²) >= 11 is 6.08. The summed E-state index contributed by atoms with van der Waals surface area (Å²) in [4.78, 5) is 12.4. The molecule has 2 aliphatic heterocycles. The third-order valence-electron chi connectivity index (χ3n) is 4.30. The third kappa shape index (κ3) is 1.96. The van der Waals surface area contributed by atoms with Gasteiger partial charge < -0.3 is 9.47 Å². The van der Waals surface area contributed by atoms with Gasteiger partial charge in [-0.1, -0.05) is 11.6 Å². The van der Waals surface area contributed by atoms with Gasteiger partial charge in [-0.3, -0.25) is 15.0 Å². The van der Waals surface area contributed by atoms with Crippen molar-refractivity contribution in [3.8, 4) is 11.5 Å². The van der Waals surface area contributed by atoms with Crippen LogP contribution in [0.1, 0.15) is 12.5 Å². The Balaban J connectivity index is 1.80. The number of non-ortho nitro benzene ring substituents is 1. The average Bonchev–Trinajstić information content (AvgIpc) is 2.81. The van der Waals surface area contributed by atoms with Crippen molar-refractivity contribution in [1.29, 1.82) is 0 Å². The van der Waals surface area contributed by atoms with Gasteiger partial charge in [0.1, 0.15) is 11.5 Å². The Bertz CT molecular complexity index is 911. The molecule has 0 amide bonds. The fourth-order valence-electron chi connectivity index (χ4n) is 3.06. The molecule has 0 N–H and O–H groups in total. The standard InChI is InChI=1S/C17H13ClN2O4/c1-10-7-11-8-13(20(21)22)4-6-15(11)23-17(10)19(2)14-9-12(18)3-5-16(14)24-17/h3-9H,1-2H3. The van der Waals surface area contributed by atoms with E-state index in [-0.39, 0.29) is 5.69 Å². The van der Waals surface area contributed by atoms with Gasteiger partial charge in [-0.2, -0.15) is 0 Å². The molecule has 0 bridgehead atoms. The number of likely N-dealkylation sites (N-methyl/N-ethyl adjacent to an activating group) is 1. The number of nitro groups is 1. The van der Waals surface area contributed by atoms with Crippen LogP contribution in [0.25, 0.3) is 6.08 Å².